The molecule has 0 spiro atoms. The van der Waals surface area contributed by atoms with Crippen molar-refractivity contribution in [3.8, 4) is 0 Å². The molecule has 0 heterocycles. The number of carbonyl (C=O) groups is 18. The summed E-state index contributed by atoms with van der Waals surface area (Å²) >= 11 is 6.14. The molecule has 0 rings (SSSR count). The number of nitrogens with one attached hydrogen (secondary N) is 11. The average Bonchev–Trinajstić information content (AvgIpc) is 2.44. The van der Waals surface area contributed by atoms with E-state index in [-0.39, 0.29) is 103 Å². The highest BCUT2D eigenvalue weighted by Crippen LogP contribution is 2.11. The van der Waals surface area contributed by atoms with Crippen molar-refractivity contribution in [2.45, 2.75) is 109 Å². The minimum atomic E-state index is -1.30. The molecule has 0 aliphatic heterocycles. The van der Waals surface area contributed by atoms with Gasteiger partial charge in [0.2, 0.25) is 17.7 Å². The molecule has 0 saturated carbocycles. The number of carbonyl (C=O) groups excluding carboxylic acids is 13. The van der Waals surface area contributed by atoms with Crippen LogP contribution in [0.15, 0.2) is 0 Å². The fraction of sp³-hybridized carbons (Fsp3) is 0.617. The highest BCUT2D eigenvalue weighted by atomic mass is 32.2. The Kier molecular flexibility index (Phi) is 50.8. The fourth-order valence-electron chi connectivity index (χ4n) is 4.82. The first-order valence-electron chi connectivity index (χ1n) is 26.2. The zero-order valence-corrected chi connectivity index (χ0v) is 53.0. The third-order valence-electron chi connectivity index (χ3n) is 9.61. The van der Waals surface area contributed by atoms with Crippen molar-refractivity contribution in [3.63, 3.8) is 0 Å². The van der Waals surface area contributed by atoms with E-state index in [0.717, 1.165) is 36.4 Å². The second-order valence-electron chi connectivity index (χ2n) is 17.8. The van der Waals surface area contributed by atoms with E-state index in [4.69, 9.17) is 53.2 Å². The second-order valence-corrected chi connectivity index (χ2v) is 21.4. The summed E-state index contributed by atoms with van der Waals surface area (Å²) < 4.78 is 4.71. The Hall–Kier alpha value is -8.10. The Morgan fingerprint density at radius 1 is 0.422 bits per heavy atom. The molecule has 0 aromatic heterocycles. The van der Waals surface area contributed by atoms with Crippen LogP contribution in [0.4, 0.5) is 24.0 Å². The number of carboxylic acids is 5. The standard InChI is InChI=1S/C15H26N4O6S.C13H22N4O7S.C12H20N4O6S.C7H13N3O5S/c1-3-4-5-12(21)26-8-11(13(22)17-6-9(2)20)19-15(25)18-7-10(16)14(23)24;1-3-24-13(23)25-6-9(10(19)15-4-7(2)18)17-12(22)16-5-8(14)11(20)21;1-6(17)3-14-10(19)9(5-23-7(2)18)16-12(22)15-4-8(13)11(20)21;8-3(5(11)12)1-9-7(15)10-4(2-16)6(13)14/h10-11H,3-8,16H2,1-2H3,(H,17,22)(H,23,24)(H2,18,19,25);8-9H,3-6,14H2,1-2H3,(H,15,19)(H,20,21)(H2,16,17,22);8-9H,3-5,13H2,1-2H3,(H,14,19)(H,20,21)(H2,15,16,22);3-4,16H,1-2,8H2,(H,11,12)(H,13,14)(H2,9,10,15)/t10-,11-;2*8-,9-;3-,4-/m0000/s1. The van der Waals surface area contributed by atoms with Crippen molar-refractivity contribution in [2.24, 2.45) is 22.9 Å². The lowest BCUT2D eigenvalue weighted by Gasteiger charge is -2.18. The van der Waals surface area contributed by atoms with Crippen molar-refractivity contribution in [3.05, 3.63) is 0 Å². The Morgan fingerprint density at radius 3 is 0.956 bits per heavy atom. The monoisotopic (exact) mass is 1370 g/mol. The van der Waals surface area contributed by atoms with E-state index in [2.05, 4.69) is 71.1 Å². The molecule has 8 atom stereocenters. The van der Waals surface area contributed by atoms with Crippen molar-refractivity contribution >= 4 is 152 Å². The molecule has 0 aliphatic carbocycles. The summed E-state index contributed by atoms with van der Waals surface area (Å²) in [6.07, 6.45) is 1.95. The largest absolute Gasteiger partial charge is 0.480 e. The first-order valence-corrected chi connectivity index (χ1v) is 29.8. The Balaban J connectivity index is -0.000000555. The molecule has 43 heteroatoms. The summed E-state index contributed by atoms with van der Waals surface area (Å²) in [5, 5.41) is 66.7. The number of thiol groups is 1. The van der Waals surface area contributed by atoms with Gasteiger partial charge in [0.1, 0.15) is 65.7 Å². The molecule has 0 unspecified atom stereocenters. The molecule has 512 valence electrons. The number of urea groups is 4. The number of hydrogen-bond acceptors (Lipinski definition) is 27. The number of thioether (sulfide) groups is 3. The topological polar surface area (TPSA) is 654 Å². The van der Waals surface area contributed by atoms with Crippen molar-refractivity contribution < 1.29 is 117 Å². The van der Waals surface area contributed by atoms with Gasteiger partial charge in [-0.1, -0.05) is 36.9 Å². The molecule has 0 radical (unpaired) electrons. The van der Waals surface area contributed by atoms with E-state index in [1.54, 1.807) is 6.92 Å². The van der Waals surface area contributed by atoms with E-state index in [0.29, 0.717) is 18.2 Å². The first-order chi connectivity index (χ1) is 41.8. The predicted octanol–water partition coefficient (Wildman–Crippen LogP) is -5.99. The summed E-state index contributed by atoms with van der Waals surface area (Å²) in [5.74, 6) is -9.35. The second kappa shape index (κ2) is 51.8. The summed E-state index contributed by atoms with van der Waals surface area (Å²) in [6.45, 7) is 6.96. The van der Waals surface area contributed by atoms with Gasteiger partial charge in [0.05, 0.1) is 26.2 Å². The molecule has 0 fully saturated rings. The van der Waals surface area contributed by atoms with Gasteiger partial charge in [0, 0.05) is 62.5 Å². The van der Waals surface area contributed by atoms with E-state index < -0.39 is 125 Å². The van der Waals surface area contributed by atoms with Gasteiger partial charge >= 0.3 is 59.3 Å². The van der Waals surface area contributed by atoms with Crippen LogP contribution in [0.5, 0.6) is 0 Å². The normalized spacial score (nSPS) is 12.7. The maximum atomic E-state index is 12.1. The predicted molar refractivity (Wildman–Crippen MR) is 326 cm³/mol. The minimum absolute atomic E-state index is 0.00924. The van der Waals surface area contributed by atoms with Crippen LogP contribution >= 0.6 is 47.9 Å². The van der Waals surface area contributed by atoms with Crippen LogP contribution in [0.25, 0.3) is 0 Å². The maximum Gasteiger partial charge on any atom is 0.367 e. The van der Waals surface area contributed by atoms with Gasteiger partial charge in [-0.25, -0.2) is 28.8 Å². The Labute approximate surface area is 532 Å². The molecule has 90 heavy (non-hydrogen) atoms. The van der Waals surface area contributed by atoms with Gasteiger partial charge in [-0.15, -0.1) is 0 Å². The molecule has 0 saturated heterocycles. The number of nitrogens with two attached hydrogens (primary N) is 4. The smallest absolute Gasteiger partial charge is 0.367 e. The van der Waals surface area contributed by atoms with Crippen LogP contribution in [0, 0.1) is 0 Å². The molecule has 11 amide bonds. The summed E-state index contributed by atoms with van der Waals surface area (Å²) in [4.78, 5) is 202. The molecule has 0 bridgehead atoms. The molecule has 39 nitrogen and oxygen atoms in total. The Bertz CT molecular complexity index is 2450. The van der Waals surface area contributed by atoms with Crippen molar-refractivity contribution in [1.29, 1.82) is 0 Å². The lowest BCUT2D eigenvalue weighted by molar-refractivity contribution is -0.139. The molecule has 24 N–H and O–H groups in total. The number of carboxylic acid groups (broad SMARTS) is 5. The van der Waals surface area contributed by atoms with E-state index >= 15 is 0 Å². The van der Waals surface area contributed by atoms with Crippen LogP contribution in [-0.4, -0.2) is 254 Å². The molecule has 0 aliphatic rings. The number of rotatable bonds is 37. The van der Waals surface area contributed by atoms with Crippen LogP contribution in [0.3, 0.4) is 0 Å². The fourth-order valence-corrected chi connectivity index (χ4v) is 7.31. The van der Waals surface area contributed by atoms with Gasteiger partial charge in [-0.2, -0.15) is 12.6 Å². The quantitative estimate of drug-likeness (QED) is 0.0203. The van der Waals surface area contributed by atoms with Crippen LogP contribution in [0.1, 0.15) is 60.8 Å². The summed E-state index contributed by atoms with van der Waals surface area (Å²) in [5.41, 5.74) is 20.9. The molecular weight excluding hydrogens is 1290 g/mol. The number of ketones is 3. The highest BCUT2D eigenvalue weighted by Gasteiger charge is 2.27. The summed E-state index contributed by atoms with van der Waals surface area (Å²) in [7, 11) is 0. The molecule has 0 aromatic carbocycles. The summed E-state index contributed by atoms with van der Waals surface area (Å²) in [6, 6.07) is -12.8. The van der Waals surface area contributed by atoms with Gasteiger partial charge in [0.25, 0.3) is 0 Å². The van der Waals surface area contributed by atoms with E-state index in [1.165, 1.54) is 27.7 Å². The van der Waals surface area contributed by atoms with Gasteiger partial charge in [-0.05, 0) is 45.9 Å². The first kappa shape index (κ1) is 88.3. The number of unbranched alkanes of at least 4 members (excludes halogenated alkanes) is 1. The number of Topliss-reactive ketones (excluding diaryl/α,β-unsaturated/α-hetero) is 3. The van der Waals surface area contributed by atoms with Crippen molar-refractivity contribution in [2.75, 3.05) is 75.4 Å². The van der Waals surface area contributed by atoms with E-state index in [9.17, 15) is 86.3 Å². The number of ether oxygens (including phenoxy) is 1. The van der Waals surface area contributed by atoms with E-state index in [1.807, 2.05) is 6.92 Å². The lowest BCUT2D eigenvalue weighted by Crippen LogP contribution is -2.54. The third-order valence-corrected chi connectivity index (χ3v) is 12.8. The maximum absolute atomic E-state index is 12.1. The SMILES string of the molecule is CC(=O)CNC(=O)[C@H](CSC(C)=O)NC(=O)NC[C@H](N)C(=O)O.CCCCC(=O)SC[C@H](NC(=O)NC[C@H](N)C(=O)O)C(=O)NCC(C)=O.CCOC(=O)SC[C@H](NC(=O)NC[C@H](N)C(=O)O)C(=O)NCC(C)=O.N[C@@H](CNC(=O)N[C@@H](CS)C(=O)O)C(=O)O. The minimum Gasteiger partial charge on any atom is -0.480 e. The van der Waals surface area contributed by atoms with Gasteiger partial charge < -0.3 is 112 Å². The Morgan fingerprint density at radius 2 is 0.711 bits per heavy atom. The number of amides is 11. The van der Waals surface area contributed by atoms with Gasteiger partial charge in [0.15, 0.2) is 10.2 Å². The third kappa shape index (κ3) is 50.9. The highest BCUT2D eigenvalue weighted by molar-refractivity contribution is 8.14. The molecule has 0 aromatic rings. The number of hydrogen-bond donors (Lipinski definition) is 21. The van der Waals surface area contributed by atoms with Crippen molar-refractivity contribution in [1.82, 2.24) is 58.5 Å². The lowest BCUT2D eigenvalue weighted by atomic mass is 10.3. The van der Waals surface area contributed by atoms with Crippen LogP contribution < -0.4 is 81.4 Å². The average molecular weight is 1370 g/mol. The van der Waals surface area contributed by atoms with Gasteiger partial charge in [-0.3, -0.25) is 57.5 Å². The molecular formula is C47H81N15O24S4. The van der Waals surface area contributed by atoms with Crippen LogP contribution in [-0.2, 0) is 67.1 Å². The van der Waals surface area contributed by atoms with Crippen LogP contribution in [0.2, 0.25) is 0 Å². The zero-order valence-electron chi connectivity index (χ0n) is 49.7. The number of aliphatic carboxylic acids is 5. The zero-order chi connectivity index (χ0) is 70.2.